The molecule has 128 valence electrons. The van der Waals surface area contributed by atoms with E-state index in [2.05, 4.69) is 27.8 Å². The second kappa shape index (κ2) is 7.43. The third-order valence-electron chi connectivity index (χ3n) is 4.19. The maximum absolute atomic E-state index is 6.36. The van der Waals surface area contributed by atoms with E-state index in [1.54, 1.807) is 6.07 Å². The SMILES string of the molecule is Cl.ClCc1cc2c3ccccc3n(Cc3cc(Cl)ccc3Cl)c2cn1. The average Bonchev–Trinajstić information content (AvgIpc) is 2.92. The van der Waals surface area contributed by atoms with Crippen molar-refractivity contribution in [2.24, 2.45) is 0 Å². The minimum absolute atomic E-state index is 0. The lowest BCUT2D eigenvalue weighted by Crippen LogP contribution is -2.00. The summed E-state index contributed by atoms with van der Waals surface area (Å²) in [5.74, 6) is 0.398. The minimum atomic E-state index is 0. The summed E-state index contributed by atoms with van der Waals surface area (Å²) in [5.41, 5.74) is 4.04. The van der Waals surface area contributed by atoms with E-state index in [4.69, 9.17) is 34.8 Å². The van der Waals surface area contributed by atoms with E-state index in [9.17, 15) is 0 Å². The van der Waals surface area contributed by atoms with Gasteiger partial charge in [0.2, 0.25) is 0 Å². The van der Waals surface area contributed by atoms with Crippen molar-refractivity contribution < 1.29 is 0 Å². The molecule has 4 rings (SSSR count). The summed E-state index contributed by atoms with van der Waals surface area (Å²) in [7, 11) is 0. The largest absolute Gasteiger partial charge is 0.335 e. The topological polar surface area (TPSA) is 17.8 Å². The number of nitrogens with zero attached hydrogens (tertiary/aromatic N) is 2. The number of aromatic nitrogens is 2. The Balaban J connectivity index is 0.00000182. The zero-order valence-corrected chi connectivity index (χ0v) is 16.1. The number of pyridine rings is 1. The zero-order chi connectivity index (χ0) is 16.7. The van der Waals surface area contributed by atoms with Crippen LogP contribution in [-0.4, -0.2) is 9.55 Å². The lowest BCUT2D eigenvalue weighted by molar-refractivity contribution is 0.866. The predicted octanol–water partition coefficient (Wildman–Crippen LogP) is 6.71. The Labute approximate surface area is 166 Å². The van der Waals surface area contributed by atoms with E-state index in [-0.39, 0.29) is 12.4 Å². The molecule has 0 bridgehead atoms. The highest BCUT2D eigenvalue weighted by Gasteiger charge is 2.13. The minimum Gasteiger partial charge on any atom is -0.335 e. The summed E-state index contributed by atoms with van der Waals surface area (Å²) in [6, 6.07) is 15.9. The van der Waals surface area contributed by atoms with Crippen LogP contribution in [0, 0.1) is 0 Å². The van der Waals surface area contributed by atoms with Crippen molar-refractivity contribution in [3.05, 3.63) is 76.0 Å². The molecule has 2 aromatic carbocycles. The molecule has 0 unspecified atom stereocenters. The number of alkyl halides is 1. The molecule has 0 fully saturated rings. The molecule has 2 nitrogen and oxygen atoms in total. The van der Waals surface area contributed by atoms with Gasteiger partial charge in [-0.1, -0.05) is 41.4 Å². The predicted molar refractivity (Wildman–Crippen MR) is 110 cm³/mol. The van der Waals surface area contributed by atoms with Crippen LogP contribution in [0.15, 0.2) is 54.7 Å². The highest BCUT2D eigenvalue weighted by molar-refractivity contribution is 6.33. The van der Waals surface area contributed by atoms with Gasteiger partial charge in [0.15, 0.2) is 0 Å². The monoisotopic (exact) mass is 410 g/mol. The molecule has 2 heterocycles. The molecule has 4 aromatic rings. The van der Waals surface area contributed by atoms with Gasteiger partial charge in [-0.15, -0.1) is 24.0 Å². The number of fused-ring (bicyclic) bond motifs is 3. The van der Waals surface area contributed by atoms with Crippen LogP contribution in [0.25, 0.3) is 21.8 Å². The number of benzene rings is 2. The van der Waals surface area contributed by atoms with Crippen LogP contribution in [0.5, 0.6) is 0 Å². The molecule has 0 saturated heterocycles. The number of hydrogen-bond acceptors (Lipinski definition) is 1. The van der Waals surface area contributed by atoms with Crippen molar-refractivity contribution >= 4 is 69.0 Å². The summed E-state index contributed by atoms with van der Waals surface area (Å²) in [6.45, 7) is 0.630. The first-order chi connectivity index (χ1) is 11.7. The van der Waals surface area contributed by atoms with Gasteiger partial charge in [-0.05, 0) is 35.9 Å². The summed E-state index contributed by atoms with van der Waals surface area (Å²) in [6.07, 6.45) is 1.88. The molecule has 0 N–H and O–H groups in total. The van der Waals surface area contributed by atoms with E-state index >= 15 is 0 Å². The van der Waals surface area contributed by atoms with Crippen LogP contribution in [0.4, 0.5) is 0 Å². The van der Waals surface area contributed by atoms with Crippen molar-refractivity contribution in [2.45, 2.75) is 12.4 Å². The molecule has 0 saturated carbocycles. The standard InChI is InChI=1S/C19H13Cl3N2.ClH/c20-9-14-8-16-15-3-1-2-4-18(15)24(19(16)10-23-14)11-12-7-13(21)5-6-17(12)22;/h1-8,10H,9,11H2;1H. The Bertz CT molecular complexity index is 1060. The summed E-state index contributed by atoms with van der Waals surface area (Å²) < 4.78 is 2.22. The molecule has 6 heteroatoms. The van der Waals surface area contributed by atoms with Crippen LogP contribution in [-0.2, 0) is 12.4 Å². The van der Waals surface area contributed by atoms with E-state index in [0.29, 0.717) is 22.5 Å². The third-order valence-corrected chi connectivity index (χ3v) is 5.07. The molecule has 0 amide bonds. The quantitative estimate of drug-likeness (QED) is 0.342. The van der Waals surface area contributed by atoms with Crippen LogP contribution in [0.2, 0.25) is 10.0 Å². The van der Waals surface area contributed by atoms with Gasteiger partial charge < -0.3 is 4.57 Å². The van der Waals surface area contributed by atoms with Crippen molar-refractivity contribution in [2.75, 3.05) is 0 Å². The third kappa shape index (κ3) is 3.32. The maximum atomic E-state index is 6.36. The first kappa shape index (κ1) is 18.3. The van der Waals surface area contributed by atoms with Crippen molar-refractivity contribution in [3.8, 4) is 0 Å². The molecular weight excluding hydrogens is 398 g/mol. The molecule has 2 aromatic heterocycles. The van der Waals surface area contributed by atoms with Gasteiger partial charge >= 0.3 is 0 Å². The fraction of sp³-hybridized carbons (Fsp3) is 0.105. The van der Waals surface area contributed by atoms with Crippen LogP contribution in [0.3, 0.4) is 0 Å². The second-order valence-electron chi connectivity index (χ2n) is 5.67. The highest BCUT2D eigenvalue weighted by atomic mass is 35.5. The van der Waals surface area contributed by atoms with Gasteiger partial charge in [-0.3, -0.25) is 4.98 Å². The first-order valence-electron chi connectivity index (χ1n) is 7.53. The Morgan fingerprint density at radius 2 is 1.72 bits per heavy atom. The van der Waals surface area contributed by atoms with Crippen LogP contribution in [0.1, 0.15) is 11.3 Å². The zero-order valence-electron chi connectivity index (χ0n) is 13.0. The number of rotatable bonds is 3. The smallest absolute Gasteiger partial charge is 0.0681 e. The van der Waals surface area contributed by atoms with E-state index < -0.39 is 0 Å². The normalized spacial score (nSPS) is 11.0. The van der Waals surface area contributed by atoms with Gasteiger partial charge in [-0.25, -0.2) is 0 Å². The molecule has 0 atom stereocenters. The Kier molecular flexibility index (Phi) is 5.45. The van der Waals surface area contributed by atoms with Gasteiger partial charge in [-0.2, -0.15) is 0 Å². The Morgan fingerprint density at radius 1 is 0.920 bits per heavy atom. The van der Waals surface area contributed by atoms with Crippen LogP contribution >= 0.6 is 47.2 Å². The summed E-state index contributed by atoms with van der Waals surface area (Å²) >= 11 is 18.4. The number of hydrogen-bond donors (Lipinski definition) is 0. The number of halogens is 4. The lowest BCUT2D eigenvalue weighted by atomic mass is 10.2. The second-order valence-corrected chi connectivity index (χ2v) is 6.78. The molecule has 0 radical (unpaired) electrons. The van der Waals surface area contributed by atoms with Crippen molar-refractivity contribution in [1.82, 2.24) is 9.55 Å². The first-order valence-corrected chi connectivity index (χ1v) is 8.82. The van der Waals surface area contributed by atoms with Gasteiger partial charge in [0.25, 0.3) is 0 Å². The molecule has 0 spiro atoms. The van der Waals surface area contributed by atoms with E-state index in [1.165, 1.54) is 5.39 Å². The average molecular weight is 412 g/mol. The van der Waals surface area contributed by atoms with Gasteiger partial charge in [0.1, 0.15) is 0 Å². The van der Waals surface area contributed by atoms with Crippen molar-refractivity contribution in [3.63, 3.8) is 0 Å². The summed E-state index contributed by atoms with van der Waals surface area (Å²) in [4.78, 5) is 4.45. The molecule has 0 aliphatic rings. The fourth-order valence-corrected chi connectivity index (χ4v) is 3.59. The van der Waals surface area contributed by atoms with E-state index in [0.717, 1.165) is 27.7 Å². The van der Waals surface area contributed by atoms with Crippen LogP contribution < -0.4 is 0 Å². The fourth-order valence-electron chi connectivity index (χ4n) is 3.07. The van der Waals surface area contributed by atoms with E-state index in [1.807, 2.05) is 30.5 Å². The molecular formula is C19H14Cl4N2. The molecule has 0 aliphatic heterocycles. The highest BCUT2D eigenvalue weighted by Crippen LogP contribution is 2.31. The lowest BCUT2D eigenvalue weighted by Gasteiger charge is -2.10. The van der Waals surface area contributed by atoms with Gasteiger partial charge in [0.05, 0.1) is 23.3 Å². The Hall–Kier alpha value is -1.45. The van der Waals surface area contributed by atoms with Gasteiger partial charge in [0, 0.05) is 32.9 Å². The number of para-hydroxylation sites is 1. The molecule has 25 heavy (non-hydrogen) atoms. The van der Waals surface area contributed by atoms with Crippen molar-refractivity contribution in [1.29, 1.82) is 0 Å². The summed E-state index contributed by atoms with van der Waals surface area (Å²) in [5, 5.41) is 3.71. The maximum Gasteiger partial charge on any atom is 0.0681 e. The Morgan fingerprint density at radius 3 is 2.52 bits per heavy atom. The molecule has 0 aliphatic carbocycles.